The SMILES string of the molecule is Nc1ccc2ncnc(Nc3cccc4c3CCCC4)c2c1. The van der Waals surface area contributed by atoms with Gasteiger partial charge in [0.2, 0.25) is 0 Å². The zero-order chi connectivity index (χ0) is 14.9. The number of nitrogens with one attached hydrogen (secondary N) is 1. The van der Waals surface area contributed by atoms with Crippen LogP contribution in [0.1, 0.15) is 24.0 Å². The molecule has 3 N–H and O–H groups in total. The van der Waals surface area contributed by atoms with Crippen LogP contribution in [0.4, 0.5) is 17.2 Å². The predicted octanol–water partition coefficient (Wildman–Crippen LogP) is 3.83. The molecular weight excluding hydrogens is 272 g/mol. The number of aromatic nitrogens is 2. The monoisotopic (exact) mass is 290 g/mol. The Labute approximate surface area is 129 Å². The van der Waals surface area contributed by atoms with E-state index in [1.54, 1.807) is 6.33 Å². The van der Waals surface area contributed by atoms with Crippen LogP contribution in [0.15, 0.2) is 42.7 Å². The summed E-state index contributed by atoms with van der Waals surface area (Å²) in [7, 11) is 0. The van der Waals surface area contributed by atoms with E-state index in [0.717, 1.165) is 34.5 Å². The number of nitrogens with two attached hydrogens (primary N) is 1. The Morgan fingerprint density at radius 2 is 1.91 bits per heavy atom. The Hall–Kier alpha value is -2.62. The highest BCUT2D eigenvalue weighted by Crippen LogP contribution is 2.31. The molecule has 0 amide bonds. The Bertz CT molecular complexity index is 842. The van der Waals surface area contributed by atoms with Crippen molar-refractivity contribution in [1.29, 1.82) is 0 Å². The summed E-state index contributed by atoms with van der Waals surface area (Å²) in [5, 5.41) is 4.45. The molecule has 1 aliphatic carbocycles. The molecule has 1 heterocycles. The first-order chi connectivity index (χ1) is 10.8. The van der Waals surface area contributed by atoms with Crippen LogP contribution in [0, 0.1) is 0 Å². The van der Waals surface area contributed by atoms with Gasteiger partial charge in [0.15, 0.2) is 0 Å². The fraction of sp³-hybridized carbons (Fsp3) is 0.222. The van der Waals surface area contributed by atoms with E-state index in [9.17, 15) is 0 Å². The molecule has 0 unspecified atom stereocenters. The Kier molecular flexibility index (Phi) is 3.15. The molecule has 0 aliphatic heterocycles. The number of rotatable bonds is 2. The van der Waals surface area contributed by atoms with E-state index < -0.39 is 0 Å². The molecule has 0 spiro atoms. The molecular formula is C18H18N4. The Balaban J connectivity index is 1.80. The van der Waals surface area contributed by atoms with Crippen molar-refractivity contribution in [3.63, 3.8) is 0 Å². The van der Waals surface area contributed by atoms with E-state index in [2.05, 4.69) is 33.5 Å². The minimum absolute atomic E-state index is 0.723. The zero-order valence-electron chi connectivity index (χ0n) is 12.3. The van der Waals surface area contributed by atoms with Crippen LogP contribution in [-0.4, -0.2) is 9.97 Å². The maximum absolute atomic E-state index is 5.91. The first-order valence-corrected chi connectivity index (χ1v) is 7.69. The van der Waals surface area contributed by atoms with Crippen LogP contribution in [0.3, 0.4) is 0 Å². The van der Waals surface area contributed by atoms with Gasteiger partial charge >= 0.3 is 0 Å². The van der Waals surface area contributed by atoms with Crippen molar-refractivity contribution in [2.75, 3.05) is 11.1 Å². The average molecular weight is 290 g/mol. The number of anilines is 3. The molecule has 4 rings (SSSR count). The lowest BCUT2D eigenvalue weighted by molar-refractivity contribution is 0.687. The van der Waals surface area contributed by atoms with Crippen molar-refractivity contribution in [1.82, 2.24) is 9.97 Å². The fourth-order valence-corrected chi connectivity index (χ4v) is 3.20. The van der Waals surface area contributed by atoms with Crippen molar-refractivity contribution in [2.24, 2.45) is 0 Å². The lowest BCUT2D eigenvalue weighted by Crippen LogP contribution is -2.07. The van der Waals surface area contributed by atoms with Crippen LogP contribution in [-0.2, 0) is 12.8 Å². The lowest BCUT2D eigenvalue weighted by Gasteiger charge is -2.20. The summed E-state index contributed by atoms with van der Waals surface area (Å²) in [6.07, 6.45) is 6.43. The lowest BCUT2D eigenvalue weighted by atomic mass is 9.90. The smallest absolute Gasteiger partial charge is 0.141 e. The number of hydrogen-bond donors (Lipinski definition) is 2. The van der Waals surface area contributed by atoms with Crippen LogP contribution in [0.5, 0.6) is 0 Å². The van der Waals surface area contributed by atoms with Crippen molar-refractivity contribution in [3.8, 4) is 0 Å². The molecule has 1 aliphatic rings. The second kappa shape index (κ2) is 5.30. The topological polar surface area (TPSA) is 63.8 Å². The Morgan fingerprint density at radius 1 is 1.00 bits per heavy atom. The molecule has 1 aromatic heterocycles. The van der Waals surface area contributed by atoms with E-state index in [1.165, 1.54) is 30.4 Å². The molecule has 3 aromatic rings. The highest BCUT2D eigenvalue weighted by molar-refractivity contribution is 5.92. The van der Waals surface area contributed by atoms with Gasteiger partial charge in [-0.15, -0.1) is 0 Å². The second-order valence-electron chi connectivity index (χ2n) is 5.77. The van der Waals surface area contributed by atoms with Crippen molar-refractivity contribution in [2.45, 2.75) is 25.7 Å². The number of hydrogen-bond acceptors (Lipinski definition) is 4. The van der Waals surface area contributed by atoms with E-state index in [4.69, 9.17) is 5.73 Å². The zero-order valence-corrected chi connectivity index (χ0v) is 12.3. The normalized spacial score (nSPS) is 13.8. The molecule has 4 heteroatoms. The van der Waals surface area contributed by atoms with Crippen LogP contribution < -0.4 is 11.1 Å². The maximum atomic E-state index is 5.91. The van der Waals surface area contributed by atoms with Gasteiger partial charge in [-0.2, -0.15) is 0 Å². The third kappa shape index (κ3) is 2.26. The van der Waals surface area contributed by atoms with Gasteiger partial charge < -0.3 is 11.1 Å². The molecule has 22 heavy (non-hydrogen) atoms. The van der Waals surface area contributed by atoms with Crippen molar-refractivity contribution in [3.05, 3.63) is 53.9 Å². The summed E-state index contributed by atoms with van der Waals surface area (Å²) in [5.41, 5.74) is 11.6. The largest absolute Gasteiger partial charge is 0.399 e. The van der Waals surface area contributed by atoms with Gasteiger partial charge in [-0.3, -0.25) is 0 Å². The maximum Gasteiger partial charge on any atom is 0.141 e. The van der Waals surface area contributed by atoms with Gasteiger partial charge in [0.1, 0.15) is 12.1 Å². The highest BCUT2D eigenvalue weighted by Gasteiger charge is 2.14. The van der Waals surface area contributed by atoms with Gasteiger partial charge in [-0.05, 0) is 61.1 Å². The molecule has 0 bridgehead atoms. The quantitative estimate of drug-likeness (QED) is 0.704. The molecule has 0 saturated heterocycles. The van der Waals surface area contributed by atoms with Gasteiger partial charge in [-0.1, -0.05) is 12.1 Å². The van der Waals surface area contributed by atoms with E-state index in [0.29, 0.717) is 0 Å². The summed E-state index contributed by atoms with van der Waals surface area (Å²) in [6.45, 7) is 0. The van der Waals surface area contributed by atoms with Gasteiger partial charge in [0.05, 0.1) is 5.52 Å². The third-order valence-corrected chi connectivity index (χ3v) is 4.31. The summed E-state index contributed by atoms with van der Waals surface area (Å²) in [6, 6.07) is 12.2. The molecule has 0 atom stereocenters. The number of nitrogen functional groups attached to an aromatic ring is 1. The summed E-state index contributed by atoms with van der Waals surface area (Å²) in [5.74, 6) is 0.816. The highest BCUT2D eigenvalue weighted by atomic mass is 15.0. The van der Waals surface area contributed by atoms with Gasteiger partial charge in [0.25, 0.3) is 0 Å². The van der Waals surface area contributed by atoms with Crippen LogP contribution >= 0.6 is 0 Å². The summed E-state index contributed by atoms with van der Waals surface area (Å²) in [4.78, 5) is 8.72. The summed E-state index contributed by atoms with van der Waals surface area (Å²) >= 11 is 0. The first-order valence-electron chi connectivity index (χ1n) is 7.69. The van der Waals surface area contributed by atoms with Gasteiger partial charge in [0, 0.05) is 16.8 Å². The third-order valence-electron chi connectivity index (χ3n) is 4.31. The molecule has 0 saturated carbocycles. The van der Waals surface area contributed by atoms with E-state index in [-0.39, 0.29) is 0 Å². The Morgan fingerprint density at radius 3 is 2.86 bits per heavy atom. The first kappa shape index (κ1) is 13.1. The molecule has 0 radical (unpaired) electrons. The molecule has 110 valence electrons. The minimum Gasteiger partial charge on any atom is -0.399 e. The number of fused-ring (bicyclic) bond motifs is 2. The van der Waals surface area contributed by atoms with E-state index in [1.807, 2.05) is 18.2 Å². The van der Waals surface area contributed by atoms with E-state index >= 15 is 0 Å². The predicted molar refractivity (Wildman–Crippen MR) is 90.3 cm³/mol. The average Bonchev–Trinajstić information content (AvgIpc) is 2.56. The summed E-state index contributed by atoms with van der Waals surface area (Å²) < 4.78 is 0. The van der Waals surface area contributed by atoms with Gasteiger partial charge in [-0.25, -0.2) is 9.97 Å². The standard InChI is InChI=1S/C18H18N4/c19-13-8-9-16-15(10-13)18(21-11-20-16)22-17-7-3-5-12-4-1-2-6-14(12)17/h3,5,7-11H,1-2,4,6,19H2,(H,20,21,22). The molecule has 4 nitrogen and oxygen atoms in total. The van der Waals surface area contributed by atoms with Crippen molar-refractivity contribution >= 4 is 28.1 Å². The second-order valence-corrected chi connectivity index (χ2v) is 5.77. The molecule has 0 fully saturated rings. The van der Waals surface area contributed by atoms with Crippen molar-refractivity contribution < 1.29 is 0 Å². The minimum atomic E-state index is 0.723. The number of aryl methyl sites for hydroxylation is 1. The molecule has 2 aromatic carbocycles. The van der Waals surface area contributed by atoms with Crippen LogP contribution in [0.2, 0.25) is 0 Å². The number of nitrogens with zero attached hydrogens (tertiary/aromatic N) is 2. The number of benzene rings is 2. The fourth-order valence-electron chi connectivity index (χ4n) is 3.20. The van der Waals surface area contributed by atoms with Crippen LogP contribution in [0.25, 0.3) is 10.9 Å².